The Morgan fingerprint density at radius 3 is 2.61 bits per heavy atom. The number of carbonyl (C=O) groups is 1. The van der Waals surface area contributed by atoms with Gasteiger partial charge in [0.1, 0.15) is 5.76 Å². The Labute approximate surface area is 109 Å². The number of aryl methyl sites for hydroxylation is 1. The van der Waals surface area contributed by atoms with Gasteiger partial charge in [0.05, 0.1) is 6.26 Å². The molecule has 1 amide bonds. The van der Waals surface area contributed by atoms with Gasteiger partial charge in [0.25, 0.3) is 0 Å². The quantitative estimate of drug-likeness (QED) is 0.888. The molecular formula is C15H23NO2. The van der Waals surface area contributed by atoms with Crippen molar-refractivity contribution in [2.45, 2.75) is 63.8 Å². The minimum absolute atomic E-state index is 0.164. The van der Waals surface area contributed by atoms with E-state index in [9.17, 15) is 4.79 Å². The highest BCUT2D eigenvalue weighted by molar-refractivity contribution is 5.76. The SMILES string of the molecule is O=C(CCc1ccco1)NC1CCCCCCC1. The summed E-state index contributed by atoms with van der Waals surface area (Å²) in [6, 6.07) is 4.18. The van der Waals surface area contributed by atoms with Gasteiger partial charge in [0.15, 0.2) is 0 Å². The lowest BCUT2D eigenvalue weighted by Crippen LogP contribution is -2.35. The first kappa shape index (κ1) is 13.2. The lowest BCUT2D eigenvalue weighted by atomic mass is 9.96. The van der Waals surface area contributed by atoms with Crippen LogP contribution in [0.4, 0.5) is 0 Å². The van der Waals surface area contributed by atoms with E-state index >= 15 is 0 Å². The second kappa shape index (κ2) is 7.24. The van der Waals surface area contributed by atoms with Crippen LogP contribution in [0.15, 0.2) is 22.8 Å². The van der Waals surface area contributed by atoms with Crippen LogP contribution >= 0.6 is 0 Å². The monoisotopic (exact) mass is 249 g/mol. The normalized spacial score (nSPS) is 18.0. The van der Waals surface area contributed by atoms with Crippen LogP contribution in [0.25, 0.3) is 0 Å². The molecule has 18 heavy (non-hydrogen) atoms. The predicted molar refractivity (Wildman–Crippen MR) is 71.3 cm³/mol. The van der Waals surface area contributed by atoms with Gasteiger partial charge in [-0.05, 0) is 25.0 Å². The summed E-state index contributed by atoms with van der Waals surface area (Å²) in [6.45, 7) is 0. The summed E-state index contributed by atoms with van der Waals surface area (Å²) < 4.78 is 5.23. The molecule has 1 saturated carbocycles. The van der Waals surface area contributed by atoms with Gasteiger partial charge >= 0.3 is 0 Å². The molecule has 0 spiro atoms. The van der Waals surface area contributed by atoms with E-state index < -0.39 is 0 Å². The maximum Gasteiger partial charge on any atom is 0.220 e. The van der Waals surface area contributed by atoms with Gasteiger partial charge in [-0.3, -0.25) is 4.79 Å². The molecule has 1 aromatic heterocycles. The predicted octanol–water partition coefficient (Wildman–Crippen LogP) is 3.44. The first-order valence-electron chi connectivity index (χ1n) is 7.16. The van der Waals surface area contributed by atoms with E-state index in [2.05, 4.69) is 5.32 Å². The number of amides is 1. The lowest BCUT2D eigenvalue weighted by Gasteiger charge is -2.20. The molecule has 1 heterocycles. The van der Waals surface area contributed by atoms with E-state index in [1.54, 1.807) is 6.26 Å². The van der Waals surface area contributed by atoms with Crippen molar-refractivity contribution in [2.75, 3.05) is 0 Å². The summed E-state index contributed by atoms with van der Waals surface area (Å²) >= 11 is 0. The van der Waals surface area contributed by atoms with E-state index in [0.29, 0.717) is 18.9 Å². The molecular weight excluding hydrogens is 226 g/mol. The Bertz CT molecular complexity index is 337. The molecule has 2 rings (SSSR count). The third kappa shape index (κ3) is 4.55. The molecule has 0 aliphatic heterocycles. The maximum atomic E-state index is 11.9. The van der Waals surface area contributed by atoms with Crippen molar-refractivity contribution in [1.82, 2.24) is 5.32 Å². The van der Waals surface area contributed by atoms with Crippen LogP contribution in [0.5, 0.6) is 0 Å². The van der Waals surface area contributed by atoms with Crippen LogP contribution in [0, 0.1) is 0 Å². The van der Waals surface area contributed by atoms with Crippen molar-refractivity contribution in [1.29, 1.82) is 0 Å². The van der Waals surface area contributed by atoms with Gasteiger partial charge in [-0.15, -0.1) is 0 Å². The number of carbonyl (C=O) groups excluding carboxylic acids is 1. The fourth-order valence-corrected chi connectivity index (χ4v) is 2.59. The molecule has 1 N–H and O–H groups in total. The summed E-state index contributed by atoms with van der Waals surface area (Å²) in [5, 5.41) is 3.17. The molecule has 100 valence electrons. The smallest absolute Gasteiger partial charge is 0.220 e. The molecule has 0 atom stereocenters. The zero-order valence-electron chi connectivity index (χ0n) is 11.0. The lowest BCUT2D eigenvalue weighted by molar-refractivity contribution is -0.121. The first-order valence-corrected chi connectivity index (χ1v) is 7.16. The Balaban J connectivity index is 1.68. The molecule has 1 aromatic rings. The van der Waals surface area contributed by atoms with Crippen molar-refractivity contribution in [3.05, 3.63) is 24.2 Å². The van der Waals surface area contributed by atoms with Crippen LogP contribution < -0.4 is 5.32 Å². The number of furan rings is 1. The summed E-state index contributed by atoms with van der Waals surface area (Å²) in [4.78, 5) is 11.9. The molecule has 0 radical (unpaired) electrons. The minimum Gasteiger partial charge on any atom is -0.469 e. The number of hydrogen-bond acceptors (Lipinski definition) is 2. The summed E-state index contributed by atoms with van der Waals surface area (Å²) in [7, 11) is 0. The summed E-state index contributed by atoms with van der Waals surface area (Å²) in [5.41, 5.74) is 0. The largest absolute Gasteiger partial charge is 0.469 e. The van der Waals surface area contributed by atoms with Crippen LogP contribution in [-0.4, -0.2) is 11.9 Å². The van der Waals surface area contributed by atoms with Crippen LogP contribution in [-0.2, 0) is 11.2 Å². The molecule has 1 aliphatic rings. The summed E-state index contributed by atoms with van der Waals surface area (Å²) in [6.07, 6.45) is 11.7. The zero-order chi connectivity index (χ0) is 12.6. The molecule has 1 fully saturated rings. The minimum atomic E-state index is 0.164. The van der Waals surface area contributed by atoms with E-state index in [-0.39, 0.29) is 5.91 Å². The van der Waals surface area contributed by atoms with Crippen molar-refractivity contribution in [3.63, 3.8) is 0 Å². The molecule has 0 aromatic carbocycles. The highest BCUT2D eigenvalue weighted by Crippen LogP contribution is 2.17. The zero-order valence-corrected chi connectivity index (χ0v) is 11.0. The highest BCUT2D eigenvalue weighted by Gasteiger charge is 2.14. The number of rotatable bonds is 4. The molecule has 0 unspecified atom stereocenters. The van der Waals surface area contributed by atoms with E-state index in [4.69, 9.17) is 4.42 Å². The first-order chi connectivity index (χ1) is 8.84. The van der Waals surface area contributed by atoms with E-state index in [1.807, 2.05) is 12.1 Å². The molecule has 1 aliphatic carbocycles. The standard InChI is InChI=1S/C15H23NO2/c17-15(11-10-14-9-6-12-18-14)16-13-7-4-2-1-3-5-8-13/h6,9,12-13H,1-5,7-8,10-11H2,(H,16,17). The third-order valence-corrected chi connectivity index (χ3v) is 3.65. The van der Waals surface area contributed by atoms with Crippen molar-refractivity contribution in [2.24, 2.45) is 0 Å². The third-order valence-electron chi connectivity index (χ3n) is 3.65. The summed E-state index contributed by atoms with van der Waals surface area (Å²) in [5.74, 6) is 1.06. The average Bonchev–Trinajstić information content (AvgIpc) is 2.83. The van der Waals surface area contributed by atoms with Gasteiger partial charge in [-0.1, -0.05) is 32.1 Å². The number of hydrogen-bond donors (Lipinski definition) is 1. The highest BCUT2D eigenvalue weighted by atomic mass is 16.3. The van der Waals surface area contributed by atoms with Crippen LogP contribution in [0.1, 0.15) is 57.1 Å². The Morgan fingerprint density at radius 1 is 1.22 bits per heavy atom. The maximum absolute atomic E-state index is 11.9. The fourth-order valence-electron chi connectivity index (χ4n) is 2.59. The Morgan fingerprint density at radius 2 is 1.94 bits per heavy atom. The second-order valence-corrected chi connectivity index (χ2v) is 5.19. The van der Waals surface area contributed by atoms with E-state index in [1.165, 1.54) is 32.1 Å². The Kier molecular flexibility index (Phi) is 5.31. The van der Waals surface area contributed by atoms with Crippen LogP contribution in [0.3, 0.4) is 0 Å². The van der Waals surface area contributed by atoms with Gasteiger partial charge in [-0.2, -0.15) is 0 Å². The molecule has 3 nitrogen and oxygen atoms in total. The molecule has 0 bridgehead atoms. The van der Waals surface area contributed by atoms with Gasteiger partial charge in [0.2, 0.25) is 5.91 Å². The van der Waals surface area contributed by atoms with Gasteiger partial charge in [-0.25, -0.2) is 0 Å². The van der Waals surface area contributed by atoms with Crippen LogP contribution in [0.2, 0.25) is 0 Å². The van der Waals surface area contributed by atoms with Gasteiger partial charge in [0, 0.05) is 18.9 Å². The average molecular weight is 249 g/mol. The molecule has 3 heteroatoms. The number of nitrogens with one attached hydrogen (secondary N) is 1. The van der Waals surface area contributed by atoms with E-state index in [0.717, 1.165) is 18.6 Å². The molecule has 0 saturated heterocycles. The fraction of sp³-hybridized carbons (Fsp3) is 0.667. The topological polar surface area (TPSA) is 42.2 Å². The van der Waals surface area contributed by atoms with Crippen molar-refractivity contribution < 1.29 is 9.21 Å². The Hall–Kier alpha value is -1.25. The van der Waals surface area contributed by atoms with Crippen molar-refractivity contribution >= 4 is 5.91 Å². The second-order valence-electron chi connectivity index (χ2n) is 5.19. The van der Waals surface area contributed by atoms with Gasteiger partial charge < -0.3 is 9.73 Å². The van der Waals surface area contributed by atoms with Crippen molar-refractivity contribution in [3.8, 4) is 0 Å².